The van der Waals surface area contributed by atoms with Gasteiger partial charge >= 0.3 is 5.97 Å². The van der Waals surface area contributed by atoms with E-state index in [0.29, 0.717) is 0 Å². The lowest BCUT2D eigenvalue weighted by Crippen LogP contribution is -2.39. The van der Waals surface area contributed by atoms with E-state index in [1.54, 1.807) is 12.2 Å². The molecular formula is C21H23NO7SSi. The van der Waals surface area contributed by atoms with Crippen molar-refractivity contribution >= 4 is 54.7 Å². The number of ketones is 2. The van der Waals surface area contributed by atoms with Gasteiger partial charge in [-0.25, -0.2) is 9.69 Å². The number of ether oxygens (including phenoxy) is 1. The second-order valence-corrected chi connectivity index (χ2v) is 13.7. The maximum atomic E-state index is 13.5. The molecule has 0 radical (unpaired) electrons. The predicted molar refractivity (Wildman–Crippen MR) is 117 cm³/mol. The van der Waals surface area contributed by atoms with Crippen molar-refractivity contribution in [2.45, 2.75) is 46.0 Å². The normalized spacial score (nSPS) is 17.9. The average molecular weight is 462 g/mol. The molecule has 8 nitrogen and oxygen atoms in total. The van der Waals surface area contributed by atoms with Gasteiger partial charge in [0, 0.05) is 25.0 Å². The van der Waals surface area contributed by atoms with Crippen molar-refractivity contribution in [1.29, 1.82) is 0 Å². The summed E-state index contributed by atoms with van der Waals surface area (Å²) in [5.74, 6) is -3.13. The number of methoxy groups -OCH3 is 1. The molecule has 2 aliphatic rings. The molecule has 164 valence electrons. The first-order chi connectivity index (χ1) is 14.4. The molecule has 0 aromatic carbocycles. The van der Waals surface area contributed by atoms with Crippen LogP contribution in [0.3, 0.4) is 0 Å². The van der Waals surface area contributed by atoms with Gasteiger partial charge in [0.25, 0.3) is 0 Å². The van der Waals surface area contributed by atoms with E-state index >= 15 is 0 Å². The summed E-state index contributed by atoms with van der Waals surface area (Å²) in [7, 11) is -0.914. The number of amides is 2. The Morgan fingerprint density at radius 3 is 2.23 bits per heavy atom. The Kier molecular flexibility index (Phi) is 6.00. The van der Waals surface area contributed by atoms with Gasteiger partial charge in [0.1, 0.15) is 4.88 Å². The first-order valence-corrected chi connectivity index (χ1v) is 13.8. The van der Waals surface area contributed by atoms with Crippen LogP contribution in [0.25, 0.3) is 0 Å². The fourth-order valence-electron chi connectivity index (χ4n) is 3.70. The van der Waals surface area contributed by atoms with E-state index in [-0.39, 0.29) is 38.6 Å². The number of Topliss-reactive ketones (excluding diaryl/α,β-unsaturated/α-hetero) is 2. The van der Waals surface area contributed by atoms with Crippen molar-refractivity contribution in [1.82, 2.24) is 0 Å². The van der Waals surface area contributed by atoms with Crippen LogP contribution in [0.4, 0.5) is 5.69 Å². The Hall–Kier alpha value is -2.69. The number of anilines is 1. The lowest BCUT2D eigenvalue weighted by molar-refractivity contribution is -0.124. The van der Waals surface area contributed by atoms with Crippen molar-refractivity contribution < 1.29 is 33.1 Å². The van der Waals surface area contributed by atoms with Crippen LogP contribution in [0.1, 0.15) is 50.0 Å². The lowest BCUT2D eigenvalue weighted by atomic mass is 9.81. The van der Waals surface area contributed by atoms with Gasteiger partial charge in [0.05, 0.1) is 29.3 Å². The van der Waals surface area contributed by atoms with Crippen LogP contribution in [0.5, 0.6) is 0 Å². The number of imide groups is 1. The smallest absolute Gasteiger partial charge is 0.350 e. The molecule has 1 unspecified atom stereocenters. The Labute approximate surface area is 184 Å². The molecule has 3 rings (SSSR count). The second-order valence-electron chi connectivity index (χ2n) is 8.18. The number of carbonyl (C=O) groups is 5. The molecular weight excluding hydrogens is 438 g/mol. The lowest BCUT2D eigenvalue weighted by Gasteiger charge is -2.31. The summed E-state index contributed by atoms with van der Waals surface area (Å²) in [4.78, 5) is 64.5. The minimum atomic E-state index is -2.06. The molecule has 0 aliphatic heterocycles. The highest BCUT2D eigenvalue weighted by atomic mass is 32.1. The number of rotatable bonds is 4. The monoisotopic (exact) mass is 461 g/mol. The third-order valence-corrected chi connectivity index (χ3v) is 6.90. The largest absolute Gasteiger partial charge is 0.465 e. The Morgan fingerprint density at radius 2 is 1.71 bits per heavy atom. The standard InChI is InChI=1S/C21H23NO7SSi/c1-10(23)22(11(2)24)16-15-17(25)12-8-7-9-13(29-31(4,5)6)14(12)18(26)19(15)30-20(16)21(27)28-3/h7,9,13H,8H2,1-6H3. The quantitative estimate of drug-likeness (QED) is 0.385. The summed E-state index contributed by atoms with van der Waals surface area (Å²) in [6.07, 6.45) is 3.08. The van der Waals surface area contributed by atoms with E-state index in [4.69, 9.17) is 9.16 Å². The van der Waals surface area contributed by atoms with E-state index in [1.165, 1.54) is 0 Å². The molecule has 0 fully saturated rings. The molecule has 1 aromatic heterocycles. The Balaban J connectivity index is 2.27. The maximum absolute atomic E-state index is 13.5. The average Bonchev–Trinajstić information content (AvgIpc) is 3.04. The molecule has 0 spiro atoms. The summed E-state index contributed by atoms with van der Waals surface area (Å²) in [5.41, 5.74) is 0.213. The van der Waals surface area contributed by atoms with E-state index in [2.05, 4.69) is 0 Å². The van der Waals surface area contributed by atoms with Crippen LogP contribution in [-0.2, 0) is 18.8 Å². The number of hydrogen-bond donors (Lipinski definition) is 0. The van der Waals surface area contributed by atoms with E-state index < -0.39 is 43.8 Å². The van der Waals surface area contributed by atoms with Gasteiger partial charge in [0.15, 0.2) is 14.1 Å². The third-order valence-electron chi connectivity index (χ3n) is 4.78. The van der Waals surface area contributed by atoms with Crippen LogP contribution in [0.2, 0.25) is 19.6 Å². The van der Waals surface area contributed by atoms with E-state index in [9.17, 15) is 24.0 Å². The zero-order valence-corrected chi connectivity index (χ0v) is 20.0. The van der Waals surface area contributed by atoms with E-state index in [1.807, 2.05) is 19.6 Å². The van der Waals surface area contributed by atoms with E-state index in [0.717, 1.165) is 37.2 Å². The zero-order valence-electron chi connectivity index (χ0n) is 18.2. The van der Waals surface area contributed by atoms with Gasteiger partial charge in [0.2, 0.25) is 17.6 Å². The highest BCUT2D eigenvalue weighted by molar-refractivity contribution is 7.17. The van der Waals surface area contributed by atoms with Crippen LogP contribution >= 0.6 is 11.3 Å². The summed E-state index contributed by atoms with van der Waals surface area (Å²) < 4.78 is 10.9. The first kappa shape index (κ1) is 23.0. The maximum Gasteiger partial charge on any atom is 0.350 e. The van der Waals surface area contributed by atoms with Gasteiger partial charge in [-0.05, 0) is 26.1 Å². The number of fused-ring (bicyclic) bond motifs is 1. The molecule has 0 saturated heterocycles. The molecule has 1 aromatic rings. The number of thiophene rings is 1. The Bertz CT molecular complexity index is 1080. The van der Waals surface area contributed by atoms with Gasteiger partial charge in [-0.2, -0.15) is 0 Å². The van der Waals surface area contributed by atoms with Crippen LogP contribution in [0.15, 0.2) is 23.3 Å². The summed E-state index contributed by atoms with van der Waals surface area (Å²) in [5, 5.41) is 0. The van der Waals surface area contributed by atoms with Gasteiger partial charge in [-0.1, -0.05) is 12.2 Å². The fraction of sp³-hybridized carbons (Fsp3) is 0.381. The molecule has 0 N–H and O–H groups in total. The van der Waals surface area contributed by atoms with Crippen LogP contribution in [-0.4, -0.2) is 50.9 Å². The minimum Gasteiger partial charge on any atom is -0.465 e. The SMILES string of the molecule is COC(=O)c1sc2c(c1N(C(C)=O)C(C)=O)C(=O)C1=C(C2=O)C(O[Si](C)(C)C)C=CC1. The van der Waals surface area contributed by atoms with Gasteiger partial charge in [-0.3, -0.25) is 19.2 Å². The summed E-state index contributed by atoms with van der Waals surface area (Å²) in [6, 6.07) is 0. The van der Waals surface area contributed by atoms with Crippen molar-refractivity contribution in [3.63, 3.8) is 0 Å². The second kappa shape index (κ2) is 8.10. The summed E-state index contributed by atoms with van der Waals surface area (Å²) >= 11 is 0.752. The number of nitrogens with zero attached hydrogens (tertiary/aromatic N) is 1. The minimum absolute atomic E-state index is 0.00567. The number of allylic oxidation sites excluding steroid dienone is 2. The van der Waals surface area contributed by atoms with Gasteiger partial charge < -0.3 is 9.16 Å². The molecule has 1 heterocycles. The molecule has 31 heavy (non-hydrogen) atoms. The predicted octanol–water partition coefficient (Wildman–Crippen LogP) is 3.29. The van der Waals surface area contributed by atoms with Crippen molar-refractivity contribution in [3.8, 4) is 0 Å². The molecule has 10 heteroatoms. The first-order valence-electron chi connectivity index (χ1n) is 9.62. The molecule has 0 bridgehead atoms. The van der Waals surface area contributed by atoms with Crippen molar-refractivity contribution in [3.05, 3.63) is 38.6 Å². The number of esters is 1. The fourth-order valence-corrected chi connectivity index (χ4v) is 5.81. The number of hydrogen-bond acceptors (Lipinski definition) is 8. The Morgan fingerprint density at radius 1 is 1.10 bits per heavy atom. The molecule has 1 atom stereocenters. The van der Waals surface area contributed by atoms with Crippen molar-refractivity contribution in [2.75, 3.05) is 12.0 Å². The number of carbonyl (C=O) groups excluding carboxylic acids is 5. The topological polar surface area (TPSA) is 107 Å². The highest BCUT2D eigenvalue weighted by Gasteiger charge is 2.44. The third kappa shape index (κ3) is 3.98. The van der Waals surface area contributed by atoms with Crippen LogP contribution in [0, 0.1) is 0 Å². The zero-order chi connectivity index (χ0) is 23.2. The van der Waals surface area contributed by atoms with Crippen LogP contribution < -0.4 is 4.90 Å². The summed E-state index contributed by atoms with van der Waals surface area (Å²) in [6.45, 7) is 8.23. The van der Waals surface area contributed by atoms with Crippen molar-refractivity contribution in [2.24, 2.45) is 0 Å². The molecule has 2 aliphatic carbocycles. The van der Waals surface area contributed by atoms with Gasteiger partial charge in [-0.15, -0.1) is 11.3 Å². The molecule has 0 saturated carbocycles. The molecule has 2 amide bonds. The highest BCUT2D eigenvalue weighted by Crippen LogP contribution is 2.45.